The summed E-state index contributed by atoms with van der Waals surface area (Å²) in [7, 11) is 0. The molecule has 5 aromatic rings. The summed E-state index contributed by atoms with van der Waals surface area (Å²) in [6.45, 7) is 0. The molecule has 172 valence electrons. The lowest BCUT2D eigenvalue weighted by Crippen LogP contribution is -2.09. The quantitative estimate of drug-likeness (QED) is 0.243. The fourth-order valence-electron chi connectivity index (χ4n) is 5.06. The Balaban J connectivity index is 1.40. The van der Waals surface area contributed by atoms with Crippen LogP contribution in [0.5, 0.6) is 0 Å². The Labute approximate surface area is 211 Å². The fraction of sp³-hybridized carbons (Fsp3) is 0.0294. The molecule has 0 heterocycles. The Bertz CT molecular complexity index is 1480. The third kappa shape index (κ3) is 4.03. The minimum atomic E-state index is -0.0558. The molecule has 36 heavy (non-hydrogen) atoms. The van der Waals surface area contributed by atoms with Crippen molar-refractivity contribution in [1.29, 1.82) is 0 Å². The summed E-state index contributed by atoms with van der Waals surface area (Å²) in [5, 5.41) is 0. The van der Waals surface area contributed by atoms with E-state index in [1.165, 1.54) is 0 Å². The molecule has 0 fully saturated rings. The first-order chi connectivity index (χ1) is 17.8. The van der Waals surface area contributed by atoms with Gasteiger partial charge < -0.3 is 4.90 Å². The van der Waals surface area contributed by atoms with Crippen molar-refractivity contribution in [2.75, 3.05) is 4.90 Å². The predicted molar refractivity (Wildman–Crippen MR) is 148 cm³/mol. The van der Waals surface area contributed by atoms with Crippen LogP contribution in [0, 0.1) is 0 Å². The van der Waals surface area contributed by atoms with Crippen LogP contribution < -0.4 is 4.90 Å². The molecule has 0 spiro atoms. The molecule has 1 aliphatic rings. The van der Waals surface area contributed by atoms with Crippen molar-refractivity contribution >= 4 is 28.9 Å². The van der Waals surface area contributed by atoms with E-state index in [9.17, 15) is 4.79 Å². The van der Waals surface area contributed by atoms with E-state index in [1.807, 2.05) is 48.5 Å². The van der Waals surface area contributed by atoms with Crippen molar-refractivity contribution in [2.24, 2.45) is 0 Å². The van der Waals surface area contributed by atoms with Gasteiger partial charge in [-0.25, -0.2) is 0 Å². The summed E-state index contributed by atoms with van der Waals surface area (Å²) in [5.74, 6) is 0.0541. The van der Waals surface area contributed by atoms with Gasteiger partial charge in [-0.1, -0.05) is 103 Å². The lowest BCUT2D eigenvalue weighted by molar-refractivity contribution is 0.103. The molecule has 0 bridgehead atoms. The number of hydrogen-bond acceptors (Lipinski definition) is 2. The lowest BCUT2D eigenvalue weighted by Gasteiger charge is -2.25. The highest BCUT2D eigenvalue weighted by Crippen LogP contribution is 2.43. The van der Waals surface area contributed by atoms with Gasteiger partial charge in [0.05, 0.1) is 0 Å². The molecule has 0 aromatic heterocycles. The first-order valence-electron chi connectivity index (χ1n) is 12.2. The van der Waals surface area contributed by atoms with E-state index in [1.54, 1.807) is 0 Å². The molecule has 2 heteroatoms. The molecular weight excluding hydrogens is 438 g/mol. The van der Waals surface area contributed by atoms with E-state index in [4.69, 9.17) is 0 Å². The second-order valence-electron chi connectivity index (χ2n) is 8.96. The number of hydrogen-bond donors (Lipinski definition) is 0. The van der Waals surface area contributed by atoms with Gasteiger partial charge >= 0.3 is 0 Å². The molecule has 2 nitrogen and oxygen atoms in total. The van der Waals surface area contributed by atoms with Crippen molar-refractivity contribution < 1.29 is 4.79 Å². The van der Waals surface area contributed by atoms with Gasteiger partial charge in [0.1, 0.15) is 0 Å². The summed E-state index contributed by atoms with van der Waals surface area (Å²) in [6, 6.07) is 47.4. The normalized spacial score (nSPS) is 15.6. The number of fused-ring (bicyclic) bond motifs is 1. The van der Waals surface area contributed by atoms with Crippen molar-refractivity contribution in [3.8, 4) is 0 Å². The van der Waals surface area contributed by atoms with E-state index in [2.05, 4.69) is 102 Å². The van der Waals surface area contributed by atoms with Crippen LogP contribution in [-0.2, 0) is 0 Å². The zero-order valence-electron chi connectivity index (χ0n) is 19.8. The summed E-state index contributed by atoms with van der Waals surface area (Å²) >= 11 is 0. The number of Topliss-reactive ketones (excluding diaryl/α,β-unsaturated/α-hetero) is 1. The second kappa shape index (κ2) is 9.52. The van der Waals surface area contributed by atoms with Crippen LogP contribution in [0.2, 0.25) is 0 Å². The van der Waals surface area contributed by atoms with Gasteiger partial charge in [-0.05, 0) is 59.2 Å². The molecule has 0 N–H and O–H groups in total. The maximum atomic E-state index is 13.5. The molecule has 0 aliphatic heterocycles. The second-order valence-corrected chi connectivity index (χ2v) is 8.96. The Morgan fingerprint density at radius 3 is 1.64 bits per heavy atom. The molecule has 1 unspecified atom stereocenters. The molecule has 1 aliphatic carbocycles. The number of para-hydroxylation sites is 2. The summed E-state index contributed by atoms with van der Waals surface area (Å²) < 4.78 is 0. The van der Waals surface area contributed by atoms with Gasteiger partial charge in [-0.3, -0.25) is 4.79 Å². The Morgan fingerprint density at radius 1 is 0.528 bits per heavy atom. The predicted octanol–water partition coefficient (Wildman–Crippen LogP) is 8.57. The third-order valence-corrected chi connectivity index (χ3v) is 6.72. The zero-order valence-corrected chi connectivity index (χ0v) is 19.8. The maximum absolute atomic E-state index is 13.5. The van der Waals surface area contributed by atoms with Crippen molar-refractivity contribution in [3.05, 3.63) is 167 Å². The fourth-order valence-corrected chi connectivity index (χ4v) is 5.06. The van der Waals surface area contributed by atoms with Gasteiger partial charge in [-0.2, -0.15) is 0 Å². The number of ketones is 1. The highest BCUT2D eigenvalue weighted by atomic mass is 16.1. The van der Waals surface area contributed by atoms with Gasteiger partial charge in [-0.15, -0.1) is 0 Å². The molecule has 5 aromatic carbocycles. The third-order valence-electron chi connectivity index (χ3n) is 6.72. The van der Waals surface area contributed by atoms with Crippen LogP contribution in [0.3, 0.4) is 0 Å². The average Bonchev–Trinajstić information content (AvgIpc) is 3.22. The van der Waals surface area contributed by atoms with Gasteiger partial charge in [0, 0.05) is 34.1 Å². The molecule has 6 rings (SSSR count). The first kappa shape index (κ1) is 21.8. The maximum Gasteiger partial charge on any atom is 0.190 e. The summed E-state index contributed by atoms with van der Waals surface area (Å²) in [6.07, 6.45) is 2.05. The van der Waals surface area contributed by atoms with Crippen LogP contribution in [0.1, 0.15) is 33.0 Å². The minimum Gasteiger partial charge on any atom is -0.311 e. The van der Waals surface area contributed by atoms with Gasteiger partial charge in [0.15, 0.2) is 5.78 Å². The van der Waals surface area contributed by atoms with Crippen LogP contribution >= 0.6 is 0 Å². The van der Waals surface area contributed by atoms with Crippen molar-refractivity contribution in [1.82, 2.24) is 0 Å². The Morgan fingerprint density at radius 2 is 1.03 bits per heavy atom. The van der Waals surface area contributed by atoms with E-state index < -0.39 is 0 Å². The molecular formula is C34H25NO. The van der Waals surface area contributed by atoms with E-state index in [-0.39, 0.29) is 11.7 Å². The van der Waals surface area contributed by atoms with Crippen LogP contribution in [0.4, 0.5) is 17.1 Å². The summed E-state index contributed by atoms with van der Waals surface area (Å²) in [4.78, 5) is 15.7. The van der Waals surface area contributed by atoms with Gasteiger partial charge in [0.25, 0.3) is 0 Å². The highest BCUT2D eigenvalue weighted by molar-refractivity contribution is 6.17. The number of allylic oxidation sites excluding steroid dienone is 1. The molecule has 1 atom stereocenters. The van der Waals surface area contributed by atoms with Crippen LogP contribution in [-0.4, -0.2) is 5.78 Å². The lowest BCUT2D eigenvalue weighted by atomic mass is 9.89. The molecule has 0 radical (unpaired) electrons. The topological polar surface area (TPSA) is 20.3 Å². The van der Waals surface area contributed by atoms with Gasteiger partial charge in [0.2, 0.25) is 0 Å². The van der Waals surface area contributed by atoms with Crippen molar-refractivity contribution in [3.63, 3.8) is 0 Å². The molecule has 0 saturated carbocycles. The Kier molecular flexibility index (Phi) is 5.77. The average molecular weight is 464 g/mol. The van der Waals surface area contributed by atoms with E-state index >= 15 is 0 Å². The molecule has 0 saturated heterocycles. The minimum absolute atomic E-state index is 0.0558. The van der Waals surface area contributed by atoms with E-state index in [0.29, 0.717) is 0 Å². The van der Waals surface area contributed by atoms with Crippen LogP contribution in [0.25, 0.3) is 6.08 Å². The number of anilines is 3. The monoisotopic (exact) mass is 463 g/mol. The zero-order chi connectivity index (χ0) is 24.3. The number of rotatable bonds is 5. The largest absolute Gasteiger partial charge is 0.311 e. The highest BCUT2D eigenvalue weighted by Gasteiger charge is 2.35. The van der Waals surface area contributed by atoms with Crippen molar-refractivity contribution in [2.45, 2.75) is 5.92 Å². The number of carbonyl (C=O) groups excluding carboxylic acids is 1. The Hall–Kier alpha value is -4.69. The summed E-state index contributed by atoms with van der Waals surface area (Å²) in [5.41, 5.74) is 8.11. The number of benzene rings is 5. The number of carbonyl (C=O) groups is 1. The molecule has 0 amide bonds. The van der Waals surface area contributed by atoms with E-state index in [0.717, 1.165) is 44.9 Å². The first-order valence-corrected chi connectivity index (χ1v) is 12.2. The smallest absolute Gasteiger partial charge is 0.190 e. The standard InChI is InChI=1S/C34H25NO/c36-34-31-19-11-10-18-30(31)33(26-12-4-1-5-13-26)32(34)24-25-20-22-29(23-21-25)35(27-14-6-2-7-15-27)28-16-8-3-9-17-28/h1-24,33H/b32-24+. The van der Waals surface area contributed by atoms with Crippen LogP contribution in [0.15, 0.2) is 145 Å². The number of nitrogens with zero attached hydrogens (tertiary/aromatic N) is 1. The SMILES string of the molecule is O=C1/C(=C/c2ccc(N(c3ccccc3)c3ccccc3)cc2)C(c2ccccc2)c2ccccc21.